The van der Waals surface area contributed by atoms with Gasteiger partial charge < -0.3 is 20.3 Å². The number of hydrogen-bond donors (Lipinski definition) is 3. The molecular formula is C21H25ClN4O3. The molecule has 7 nitrogen and oxygen atoms in total. The summed E-state index contributed by atoms with van der Waals surface area (Å²) in [5.41, 5.74) is 2.51. The molecule has 0 spiro atoms. The Bertz CT molecular complexity index is 965. The minimum atomic E-state index is -1.30. The lowest BCUT2D eigenvalue weighted by Crippen LogP contribution is -2.45. The summed E-state index contributed by atoms with van der Waals surface area (Å²) in [5, 5.41) is 13.5. The van der Waals surface area contributed by atoms with E-state index in [4.69, 9.17) is 11.6 Å². The highest BCUT2D eigenvalue weighted by atomic mass is 35.5. The Morgan fingerprint density at radius 1 is 1.34 bits per heavy atom. The normalized spacial score (nSPS) is 17.7. The number of halogens is 1. The number of rotatable bonds is 6. The van der Waals surface area contributed by atoms with Crippen molar-refractivity contribution in [2.75, 3.05) is 0 Å². The highest BCUT2D eigenvalue weighted by Gasteiger charge is 2.45. The number of carbonyl (C=O) groups is 2. The zero-order valence-corrected chi connectivity index (χ0v) is 17.3. The highest BCUT2D eigenvalue weighted by molar-refractivity contribution is 6.30. The first-order valence-electron chi connectivity index (χ1n) is 9.94. The van der Waals surface area contributed by atoms with Crippen LogP contribution in [0, 0.1) is 5.92 Å². The Labute approximate surface area is 174 Å². The minimum absolute atomic E-state index is 0.0606. The van der Waals surface area contributed by atoms with Crippen LogP contribution in [0.3, 0.4) is 0 Å². The Kier molecular flexibility index (Phi) is 5.12. The van der Waals surface area contributed by atoms with E-state index >= 15 is 0 Å². The molecule has 1 aromatic heterocycles. The van der Waals surface area contributed by atoms with Gasteiger partial charge in [-0.3, -0.25) is 9.59 Å². The summed E-state index contributed by atoms with van der Waals surface area (Å²) in [5.74, 6) is -0.197. The molecule has 2 aliphatic rings. The van der Waals surface area contributed by atoms with Gasteiger partial charge in [-0.2, -0.15) is 0 Å². The molecule has 29 heavy (non-hydrogen) atoms. The molecule has 1 fully saturated rings. The maximum absolute atomic E-state index is 12.8. The zero-order chi connectivity index (χ0) is 20.8. The van der Waals surface area contributed by atoms with Gasteiger partial charge in [-0.15, -0.1) is 0 Å². The van der Waals surface area contributed by atoms with Crippen LogP contribution < -0.4 is 5.32 Å². The number of hydrogen-bond acceptors (Lipinski definition) is 4. The van der Waals surface area contributed by atoms with Crippen molar-refractivity contribution >= 4 is 23.4 Å². The third-order valence-electron chi connectivity index (χ3n) is 5.85. The molecule has 3 N–H and O–H groups in total. The summed E-state index contributed by atoms with van der Waals surface area (Å²) in [6, 6.07) is 5.93. The molecule has 1 saturated carbocycles. The van der Waals surface area contributed by atoms with Crippen molar-refractivity contribution in [2.45, 2.75) is 58.3 Å². The topological polar surface area (TPSA) is 98.3 Å². The predicted octanol–water partition coefficient (Wildman–Crippen LogP) is 2.56. The Balaban J connectivity index is 1.40. The molecule has 1 atom stereocenters. The van der Waals surface area contributed by atoms with Crippen molar-refractivity contribution in [2.24, 2.45) is 5.92 Å². The lowest BCUT2D eigenvalue weighted by atomic mass is 9.99. The molecule has 2 heterocycles. The summed E-state index contributed by atoms with van der Waals surface area (Å²) >= 11 is 6.06. The van der Waals surface area contributed by atoms with Gasteiger partial charge in [0.1, 0.15) is 5.60 Å². The van der Waals surface area contributed by atoms with Crippen molar-refractivity contribution < 1.29 is 14.7 Å². The maximum Gasteiger partial charge on any atom is 0.290 e. The van der Waals surface area contributed by atoms with Crippen molar-refractivity contribution in [3.63, 3.8) is 0 Å². The lowest BCUT2D eigenvalue weighted by Gasteiger charge is -2.21. The molecule has 0 radical (unpaired) electrons. The van der Waals surface area contributed by atoms with Crippen LogP contribution in [-0.2, 0) is 30.8 Å². The monoisotopic (exact) mass is 416 g/mol. The van der Waals surface area contributed by atoms with Crippen LogP contribution in [0.1, 0.15) is 59.7 Å². The number of nitrogens with zero attached hydrogens (tertiary/aromatic N) is 2. The first kappa shape index (κ1) is 19.9. The van der Waals surface area contributed by atoms with E-state index in [1.54, 1.807) is 11.8 Å². The van der Waals surface area contributed by atoms with Crippen molar-refractivity contribution in [3.8, 4) is 0 Å². The van der Waals surface area contributed by atoms with Crippen LogP contribution in [-0.4, -0.2) is 37.4 Å². The first-order valence-corrected chi connectivity index (χ1v) is 10.3. The fourth-order valence-electron chi connectivity index (χ4n) is 3.77. The van der Waals surface area contributed by atoms with E-state index in [9.17, 15) is 14.7 Å². The third-order valence-corrected chi connectivity index (χ3v) is 6.16. The number of aliphatic hydroxyl groups is 1. The molecule has 1 aliphatic carbocycles. The maximum atomic E-state index is 12.8. The van der Waals surface area contributed by atoms with Gasteiger partial charge in [-0.05, 0) is 48.8 Å². The molecule has 2 amide bonds. The summed E-state index contributed by atoms with van der Waals surface area (Å²) in [6.45, 7) is 4.86. The highest BCUT2D eigenvalue weighted by Crippen LogP contribution is 2.39. The van der Waals surface area contributed by atoms with E-state index in [0.717, 1.165) is 35.2 Å². The average molecular weight is 417 g/mol. The van der Waals surface area contributed by atoms with Crippen LogP contribution in [0.25, 0.3) is 0 Å². The van der Waals surface area contributed by atoms with Gasteiger partial charge in [0, 0.05) is 19.6 Å². The third kappa shape index (κ3) is 3.89. The Morgan fingerprint density at radius 2 is 2.07 bits per heavy atom. The van der Waals surface area contributed by atoms with E-state index < -0.39 is 5.60 Å². The number of amides is 2. The fraction of sp³-hybridized carbons (Fsp3) is 0.476. The van der Waals surface area contributed by atoms with Gasteiger partial charge in [0.2, 0.25) is 0 Å². The van der Waals surface area contributed by atoms with Gasteiger partial charge in [-0.25, -0.2) is 4.98 Å². The first-order chi connectivity index (χ1) is 13.8. The van der Waals surface area contributed by atoms with Gasteiger partial charge >= 0.3 is 0 Å². The zero-order valence-electron chi connectivity index (χ0n) is 16.6. The second kappa shape index (κ2) is 7.46. The van der Waals surface area contributed by atoms with Crippen molar-refractivity contribution in [1.29, 1.82) is 0 Å². The molecule has 0 saturated heterocycles. The lowest BCUT2D eigenvalue weighted by molar-refractivity contribution is -0.140. The smallest absolute Gasteiger partial charge is 0.290 e. The minimum Gasteiger partial charge on any atom is -0.380 e. The number of aromatic amines is 1. The molecule has 0 bridgehead atoms. The summed E-state index contributed by atoms with van der Waals surface area (Å²) in [6.07, 6.45) is 2.47. The summed E-state index contributed by atoms with van der Waals surface area (Å²) in [7, 11) is 0. The average Bonchev–Trinajstić information content (AvgIpc) is 3.38. The Morgan fingerprint density at radius 3 is 2.72 bits per heavy atom. The number of fused-ring (bicyclic) bond motifs is 1. The predicted molar refractivity (Wildman–Crippen MR) is 108 cm³/mol. The van der Waals surface area contributed by atoms with Crippen LogP contribution in [0.2, 0.25) is 5.15 Å². The van der Waals surface area contributed by atoms with Gasteiger partial charge in [0.25, 0.3) is 11.8 Å². The number of benzene rings is 1. The molecule has 154 valence electrons. The van der Waals surface area contributed by atoms with E-state index in [2.05, 4.69) is 15.3 Å². The van der Waals surface area contributed by atoms with Crippen molar-refractivity contribution in [1.82, 2.24) is 20.2 Å². The molecule has 2 aromatic rings. The van der Waals surface area contributed by atoms with Gasteiger partial charge in [0.05, 0.1) is 5.69 Å². The van der Waals surface area contributed by atoms with Crippen LogP contribution in [0.5, 0.6) is 0 Å². The molecule has 8 heteroatoms. The number of imidazole rings is 1. The molecular weight excluding hydrogens is 392 g/mol. The fourth-order valence-corrected chi connectivity index (χ4v) is 4.03. The summed E-state index contributed by atoms with van der Waals surface area (Å²) < 4.78 is 0. The van der Waals surface area contributed by atoms with E-state index in [1.807, 2.05) is 25.1 Å². The van der Waals surface area contributed by atoms with E-state index in [0.29, 0.717) is 31.2 Å². The van der Waals surface area contributed by atoms with Crippen LogP contribution in [0.15, 0.2) is 18.2 Å². The Hall–Kier alpha value is -2.38. The number of nitrogens with one attached hydrogen (secondary N) is 2. The number of H-pyrrole nitrogens is 1. The van der Waals surface area contributed by atoms with Crippen LogP contribution >= 0.6 is 11.6 Å². The SMILES string of the molecule is CCc1[nH]c(C(=O)N2Cc3ccc(CNC(=O)C(C)(O)C4CC4)cc3C2)nc1Cl. The quantitative estimate of drug-likeness (QED) is 0.674. The molecule has 1 aliphatic heterocycles. The van der Waals surface area contributed by atoms with E-state index in [1.165, 1.54) is 0 Å². The second-order valence-electron chi connectivity index (χ2n) is 8.08. The largest absolute Gasteiger partial charge is 0.380 e. The van der Waals surface area contributed by atoms with Gasteiger partial charge in [0.15, 0.2) is 11.0 Å². The van der Waals surface area contributed by atoms with E-state index in [-0.39, 0.29) is 23.6 Å². The molecule has 4 rings (SSSR count). The van der Waals surface area contributed by atoms with Crippen LogP contribution in [0.4, 0.5) is 0 Å². The second-order valence-corrected chi connectivity index (χ2v) is 8.44. The number of aromatic nitrogens is 2. The standard InChI is InChI=1S/C21H25ClN4O3/c1-3-16-17(22)25-18(24-16)19(27)26-10-13-5-4-12(8-14(13)11-26)9-23-20(28)21(2,29)15-6-7-15/h4-5,8,15,29H,3,6-7,9-11H2,1-2H3,(H,23,28)(H,24,25). The van der Waals surface area contributed by atoms with Crippen molar-refractivity contribution in [3.05, 3.63) is 51.6 Å². The van der Waals surface area contributed by atoms with Gasteiger partial charge in [-0.1, -0.05) is 36.7 Å². The number of aryl methyl sites for hydroxylation is 1. The summed E-state index contributed by atoms with van der Waals surface area (Å²) in [4.78, 5) is 33.9. The molecule has 1 aromatic carbocycles. The number of carbonyl (C=O) groups excluding carboxylic acids is 2. The molecule has 1 unspecified atom stereocenters.